The van der Waals surface area contributed by atoms with Crippen molar-refractivity contribution >= 4 is 0 Å². The van der Waals surface area contributed by atoms with Gasteiger partial charge in [-0.05, 0) is 36.8 Å². The van der Waals surface area contributed by atoms with Crippen LogP contribution in [0.15, 0.2) is 36.4 Å². The van der Waals surface area contributed by atoms with Crippen molar-refractivity contribution < 1.29 is 4.74 Å². The molecule has 0 aliphatic heterocycles. The van der Waals surface area contributed by atoms with Crippen molar-refractivity contribution in [2.24, 2.45) is 0 Å². The molecular formula is C16H23NO. The van der Waals surface area contributed by atoms with Crippen molar-refractivity contribution in [3.05, 3.63) is 47.5 Å². The van der Waals surface area contributed by atoms with Crippen LogP contribution in [0, 0.1) is 0 Å². The Morgan fingerprint density at radius 3 is 2.89 bits per heavy atom. The molecule has 0 unspecified atom stereocenters. The number of rotatable bonds is 8. The van der Waals surface area contributed by atoms with E-state index in [1.807, 2.05) is 6.92 Å². The molecule has 1 aliphatic rings. The average molecular weight is 245 g/mol. The zero-order valence-corrected chi connectivity index (χ0v) is 11.2. The van der Waals surface area contributed by atoms with Crippen LogP contribution in [-0.4, -0.2) is 19.8 Å². The molecule has 1 N–H and O–H groups in total. The lowest BCUT2D eigenvalue weighted by Crippen LogP contribution is -2.20. The van der Waals surface area contributed by atoms with Crippen LogP contribution < -0.4 is 5.32 Å². The van der Waals surface area contributed by atoms with Crippen molar-refractivity contribution in [2.45, 2.75) is 32.2 Å². The smallest absolute Gasteiger partial charge is 0.0672 e. The Morgan fingerprint density at radius 2 is 2.17 bits per heavy atom. The fraction of sp³-hybridized carbons (Fsp3) is 0.500. The molecule has 0 spiro atoms. The number of hydrogen-bond donors (Lipinski definition) is 1. The Hall–Kier alpha value is -1.12. The first-order valence-corrected chi connectivity index (χ1v) is 6.78. The lowest BCUT2D eigenvalue weighted by atomic mass is 10.0. The Morgan fingerprint density at radius 1 is 1.39 bits per heavy atom. The molecule has 2 nitrogen and oxygen atoms in total. The molecule has 1 saturated carbocycles. The number of ether oxygens (including phenoxy) is 1. The van der Waals surface area contributed by atoms with E-state index in [0.29, 0.717) is 6.61 Å². The van der Waals surface area contributed by atoms with Gasteiger partial charge in [0.1, 0.15) is 0 Å². The lowest BCUT2D eigenvalue weighted by molar-refractivity contribution is 0.157. The molecule has 1 fully saturated rings. The topological polar surface area (TPSA) is 21.3 Å². The van der Waals surface area contributed by atoms with Crippen LogP contribution in [0.4, 0.5) is 0 Å². The van der Waals surface area contributed by atoms with Crippen molar-refractivity contribution in [3.63, 3.8) is 0 Å². The summed E-state index contributed by atoms with van der Waals surface area (Å²) in [5.41, 5.74) is 4.06. The molecular weight excluding hydrogens is 222 g/mol. The van der Waals surface area contributed by atoms with Crippen LogP contribution in [-0.2, 0) is 11.3 Å². The summed E-state index contributed by atoms with van der Waals surface area (Å²) in [6, 6.07) is 8.77. The first-order chi connectivity index (χ1) is 8.77. The fourth-order valence-electron chi connectivity index (χ4n) is 2.10. The molecule has 1 aromatic carbocycles. The zero-order valence-electron chi connectivity index (χ0n) is 11.2. The van der Waals surface area contributed by atoms with E-state index in [4.69, 9.17) is 4.74 Å². The molecule has 0 saturated heterocycles. The van der Waals surface area contributed by atoms with Gasteiger partial charge in [-0.25, -0.2) is 0 Å². The van der Waals surface area contributed by atoms with Gasteiger partial charge in [-0.15, -0.1) is 0 Å². The third-order valence-corrected chi connectivity index (χ3v) is 3.16. The van der Waals surface area contributed by atoms with Gasteiger partial charge in [0.25, 0.3) is 0 Å². The maximum Gasteiger partial charge on any atom is 0.0672 e. The number of nitrogens with one attached hydrogen (secondary N) is 1. The highest BCUT2D eigenvalue weighted by molar-refractivity contribution is 5.33. The van der Waals surface area contributed by atoms with E-state index in [-0.39, 0.29) is 0 Å². The first kappa shape index (κ1) is 13.3. The summed E-state index contributed by atoms with van der Waals surface area (Å²) < 4.78 is 5.46. The third kappa shape index (κ3) is 4.28. The summed E-state index contributed by atoms with van der Waals surface area (Å²) in [5.74, 6) is 0.822. The van der Waals surface area contributed by atoms with Gasteiger partial charge in [0.05, 0.1) is 13.2 Å². The monoisotopic (exact) mass is 245 g/mol. The second-order valence-electron chi connectivity index (χ2n) is 5.16. The van der Waals surface area contributed by atoms with E-state index in [0.717, 1.165) is 31.2 Å². The maximum atomic E-state index is 5.46. The molecule has 0 bridgehead atoms. The standard InChI is InChI=1S/C16H23NO/c1-13(2)12-18-10-9-17-11-15-5-3-4-6-16(15)14-7-8-14/h3-6,14,17H,1,7-12H2,2H3. The van der Waals surface area contributed by atoms with Gasteiger partial charge in [-0.1, -0.05) is 36.4 Å². The molecule has 0 atom stereocenters. The largest absolute Gasteiger partial charge is 0.376 e. The predicted molar refractivity (Wildman–Crippen MR) is 75.8 cm³/mol. The summed E-state index contributed by atoms with van der Waals surface area (Å²) in [6.45, 7) is 9.06. The minimum Gasteiger partial charge on any atom is -0.376 e. The second kappa shape index (κ2) is 6.72. The highest BCUT2D eigenvalue weighted by Gasteiger charge is 2.25. The minimum atomic E-state index is 0.667. The van der Waals surface area contributed by atoms with E-state index in [9.17, 15) is 0 Å². The highest BCUT2D eigenvalue weighted by atomic mass is 16.5. The van der Waals surface area contributed by atoms with Crippen LogP contribution in [0.3, 0.4) is 0 Å². The SMILES string of the molecule is C=C(C)COCCNCc1ccccc1C1CC1. The molecule has 2 rings (SSSR count). The quantitative estimate of drug-likeness (QED) is 0.561. The molecule has 18 heavy (non-hydrogen) atoms. The molecule has 0 heterocycles. The Bertz CT molecular complexity index is 396. The summed E-state index contributed by atoms with van der Waals surface area (Å²) in [5, 5.41) is 3.44. The molecule has 1 aromatic rings. The number of hydrogen-bond acceptors (Lipinski definition) is 2. The van der Waals surface area contributed by atoms with E-state index in [1.165, 1.54) is 24.0 Å². The molecule has 0 aromatic heterocycles. The Kier molecular flexibility index (Phi) is 4.97. The lowest BCUT2D eigenvalue weighted by Gasteiger charge is -2.10. The highest BCUT2D eigenvalue weighted by Crippen LogP contribution is 2.41. The minimum absolute atomic E-state index is 0.667. The van der Waals surface area contributed by atoms with E-state index in [2.05, 4.69) is 36.2 Å². The van der Waals surface area contributed by atoms with Crippen LogP contribution >= 0.6 is 0 Å². The summed E-state index contributed by atoms with van der Waals surface area (Å²) in [4.78, 5) is 0. The summed E-state index contributed by atoms with van der Waals surface area (Å²) in [7, 11) is 0. The Balaban J connectivity index is 1.68. The zero-order chi connectivity index (χ0) is 12.8. The van der Waals surface area contributed by atoms with Gasteiger partial charge >= 0.3 is 0 Å². The van der Waals surface area contributed by atoms with E-state index < -0.39 is 0 Å². The normalized spacial score (nSPS) is 14.7. The second-order valence-corrected chi connectivity index (χ2v) is 5.16. The molecule has 98 valence electrons. The van der Waals surface area contributed by atoms with Gasteiger partial charge in [0, 0.05) is 13.1 Å². The fourth-order valence-corrected chi connectivity index (χ4v) is 2.10. The maximum absolute atomic E-state index is 5.46. The van der Waals surface area contributed by atoms with E-state index in [1.54, 1.807) is 0 Å². The van der Waals surface area contributed by atoms with Crippen molar-refractivity contribution in [1.29, 1.82) is 0 Å². The van der Waals surface area contributed by atoms with Crippen LogP contribution in [0.2, 0.25) is 0 Å². The predicted octanol–water partition coefficient (Wildman–Crippen LogP) is 3.25. The first-order valence-electron chi connectivity index (χ1n) is 6.78. The van der Waals surface area contributed by atoms with Crippen LogP contribution in [0.25, 0.3) is 0 Å². The summed E-state index contributed by atoms with van der Waals surface area (Å²) >= 11 is 0. The van der Waals surface area contributed by atoms with Crippen LogP contribution in [0.5, 0.6) is 0 Å². The van der Waals surface area contributed by atoms with E-state index >= 15 is 0 Å². The average Bonchev–Trinajstić information content (AvgIpc) is 3.18. The van der Waals surface area contributed by atoms with Crippen LogP contribution in [0.1, 0.15) is 36.8 Å². The van der Waals surface area contributed by atoms with Crippen molar-refractivity contribution in [3.8, 4) is 0 Å². The van der Waals surface area contributed by atoms with Crippen molar-refractivity contribution in [1.82, 2.24) is 5.32 Å². The number of benzene rings is 1. The van der Waals surface area contributed by atoms with Crippen molar-refractivity contribution in [2.75, 3.05) is 19.8 Å². The van der Waals surface area contributed by atoms with Gasteiger partial charge < -0.3 is 10.1 Å². The van der Waals surface area contributed by atoms with Gasteiger partial charge in [0.2, 0.25) is 0 Å². The third-order valence-electron chi connectivity index (χ3n) is 3.16. The molecule has 0 radical (unpaired) electrons. The van der Waals surface area contributed by atoms with Gasteiger partial charge in [-0.3, -0.25) is 0 Å². The van der Waals surface area contributed by atoms with Gasteiger partial charge in [-0.2, -0.15) is 0 Å². The molecule has 0 amide bonds. The Labute approximate surface area is 110 Å². The van der Waals surface area contributed by atoms with Gasteiger partial charge in [0.15, 0.2) is 0 Å². The summed E-state index contributed by atoms with van der Waals surface area (Å²) in [6.07, 6.45) is 2.72. The molecule has 1 aliphatic carbocycles. The molecule has 2 heteroatoms.